The molecule has 0 bridgehead atoms. The van der Waals surface area contributed by atoms with Gasteiger partial charge in [-0.2, -0.15) is 0 Å². The molecule has 1 fully saturated rings. The number of benzene rings is 1. The highest BCUT2D eigenvalue weighted by molar-refractivity contribution is 5.94. The third kappa shape index (κ3) is 3.57. The first-order valence-electron chi connectivity index (χ1n) is 7.23. The summed E-state index contributed by atoms with van der Waals surface area (Å²) >= 11 is 0. The zero-order valence-corrected chi connectivity index (χ0v) is 12.0. The quantitative estimate of drug-likeness (QED) is 0.902. The number of hydrogen-bond donors (Lipinski definition) is 1. The number of hydrogen-bond acceptors (Lipinski definition) is 2. The van der Waals surface area contributed by atoms with E-state index in [-0.39, 0.29) is 5.91 Å². The van der Waals surface area contributed by atoms with Gasteiger partial charge in [0.2, 0.25) is 5.91 Å². The Bertz CT molecular complexity index is 407. The lowest BCUT2D eigenvalue weighted by atomic mass is 9.84. The standard InChI is InChI=1S/C16H24N2O/c1-17-12-16(19)18(2)15-10-8-14(9-11-15)13-6-4-3-5-7-13/h8-11,13,17H,3-7,12H2,1-2H3. The summed E-state index contributed by atoms with van der Waals surface area (Å²) in [5, 5.41) is 2.89. The lowest BCUT2D eigenvalue weighted by Crippen LogP contribution is -2.34. The van der Waals surface area contributed by atoms with Gasteiger partial charge in [0.15, 0.2) is 0 Å². The minimum absolute atomic E-state index is 0.0907. The van der Waals surface area contributed by atoms with Crippen LogP contribution in [0.5, 0.6) is 0 Å². The smallest absolute Gasteiger partial charge is 0.240 e. The molecule has 1 N–H and O–H groups in total. The molecule has 1 aliphatic rings. The minimum atomic E-state index is 0.0907. The lowest BCUT2D eigenvalue weighted by molar-refractivity contribution is -0.117. The number of nitrogens with one attached hydrogen (secondary N) is 1. The Hall–Kier alpha value is -1.35. The molecule has 0 unspecified atom stereocenters. The van der Waals surface area contributed by atoms with E-state index >= 15 is 0 Å². The third-order valence-electron chi connectivity index (χ3n) is 4.06. The molecule has 0 aliphatic heterocycles. The molecule has 1 saturated carbocycles. The molecule has 104 valence electrons. The highest BCUT2D eigenvalue weighted by Gasteiger charge is 2.16. The maximum atomic E-state index is 11.8. The van der Waals surface area contributed by atoms with E-state index in [0.29, 0.717) is 6.54 Å². The molecule has 1 aromatic carbocycles. The third-order valence-corrected chi connectivity index (χ3v) is 4.06. The summed E-state index contributed by atoms with van der Waals surface area (Å²) in [5.41, 5.74) is 2.40. The van der Waals surface area contributed by atoms with Crippen molar-refractivity contribution in [1.82, 2.24) is 5.32 Å². The second kappa shape index (κ2) is 6.71. The van der Waals surface area contributed by atoms with E-state index < -0.39 is 0 Å². The first kappa shape index (κ1) is 14.1. The molecule has 0 spiro atoms. The van der Waals surface area contributed by atoms with Gasteiger partial charge in [-0.1, -0.05) is 31.4 Å². The van der Waals surface area contributed by atoms with Gasteiger partial charge >= 0.3 is 0 Å². The van der Waals surface area contributed by atoms with E-state index in [1.54, 1.807) is 11.9 Å². The van der Waals surface area contributed by atoms with E-state index in [1.165, 1.54) is 37.7 Å². The number of likely N-dealkylation sites (N-methyl/N-ethyl adjacent to an activating group) is 2. The van der Waals surface area contributed by atoms with Crippen LogP contribution in [0.25, 0.3) is 0 Å². The van der Waals surface area contributed by atoms with Crippen molar-refractivity contribution < 1.29 is 4.79 Å². The zero-order chi connectivity index (χ0) is 13.7. The van der Waals surface area contributed by atoms with Crippen LogP contribution in [0, 0.1) is 0 Å². The summed E-state index contributed by atoms with van der Waals surface area (Å²) in [5.74, 6) is 0.814. The molecule has 1 amide bonds. The van der Waals surface area contributed by atoms with Gasteiger partial charge in [-0.05, 0) is 43.5 Å². The van der Waals surface area contributed by atoms with Crippen molar-refractivity contribution in [3.63, 3.8) is 0 Å². The Balaban J connectivity index is 2.03. The molecular weight excluding hydrogens is 236 g/mol. The molecule has 0 aromatic heterocycles. The molecule has 1 aliphatic carbocycles. The Labute approximate surface area is 116 Å². The van der Waals surface area contributed by atoms with Gasteiger partial charge in [0.05, 0.1) is 6.54 Å². The average molecular weight is 260 g/mol. The number of nitrogens with zero attached hydrogens (tertiary/aromatic N) is 1. The molecule has 0 heterocycles. The molecule has 0 radical (unpaired) electrons. The topological polar surface area (TPSA) is 32.3 Å². The molecule has 3 nitrogen and oxygen atoms in total. The van der Waals surface area contributed by atoms with Crippen LogP contribution in [-0.2, 0) is 4.79 Å². The van der Waals surface area contributed by atoms with Gasteiger partial charge in [-0.25, -0.2) is 0 Å². The van der Waals surface area contributed by atoms with Crippen molar-refractivity contribution in [2.24, 2.45) is 0 Å². The molecule has 0 atom stereocenters. The fourth-order valence-corrected chi connectivity index (χ4v) is 2.82. The first-order chi connectivity index (χ1) is 9.22. The molecule has 1 aromatic rings. The molecule has 3 heteroatoms. The van der Waals surface area contributed by atoms with Gasteiger partial charge in [0.1, 0.15) is 0 Å². The monoisotopic (exact) mass is 260 g/mol. The molecular formula is C16H24N2O. The second-order valence-corrected chi connectivity index (χ2v) is 5.41. The van der Waals surface area contributed by atoms with Crippen LogP contribution in [0.3, 0.4) is 0 Å². The number of carbonyl (C=O) groups is 1. The van der Waals surface area contributed by atoms with Crippen molar-refractivity contribution in [3.05, 3.63) is 29.8 Å². The van der Waals surface area contributed by atoms with E-state index in [1.807, 2.05) is 7.05 Å². The summed E-state index contributed by atoms with van der Waals surface area (Å²) in [6, 6.07) is 8.51. The van der Waals surface area contributed by atoms with E-state index in [2.05, 4.69) is 29.6 Å². The van der Waals surface area contributed by atoms with Gasteiger partial charge in [0.25, 0.3) is 0 Å². The van der Waals surface area contributed by atoms with Crippen LogP contribution in [-0.4, -0.2) is 26.5 Å². The highest BCUT2D eigenvalue weighted by atomic mass is 16.2. The van der Waals surface area contributed by atoms with E-state index in [9.17, 15) is 4.79 Å². The summed E-state index contributed by atoms with van der Waals surface area (Å²) in [4.78, 5) is 13.5. The number of rotatable bonds is 4. The fraction of sp³-hybridized carbons (Fsp3) is 0.562. The summed E-state index contributed by atoms with van der Waals surface area (Å²) in [7, 11) is 3.62. The van der Waals surface area contributed by atoms with Crippen LogP contribution in [0.2, 0.25) is 0 Å². The van der Waals surface area contributed by atoms with Crippen molar-refractivity contribution in [1.29, 1.82) is 0 Å². The Kier molecular flexibility index (Phi) is 4.97. The Morgan fingerprint density at radius 3 is 2.42 bits per heavy atom. The predicted octanol–water partition coefficient (Wildman–Crippen LogP) is 2.92. The van der Waals surface area contributed by atoms with Gasteiger partial charge in [-0.15, -0.1) is 0 Å². The van der Waals surface area contributed by atoms with Gasteiger partial charge < -0.3 is 10.2 Å². The minimum Gasteiger partial charge on any atom is -0.314 e. The fourth-order valence-electron chi connectivity index (χ4n) is 2.82. The highest BCUT2D eigenvalue weighted by Crippen LogP contribution is 2.33. The summed E-state index contributed by atoms with van der Waals surface area (Å²) < 4.78 is 0. The van der Waals surface area contributed by atoms with Gasteiger partial charge in [-0.3, -0.25) is 4.79 Å². The second-order valence-electron chi connectivity index (χ2n) is 5.41. The van der Waals surface area contributed by atoms with Crippen LogP contribution in [0.1, 0.15) is 43.6 Å². The molecule has 19 heavy (non-hydrogen) atoms. The maximum absolute atomic E-state index is 11.8. The lowest BCUT2D eigenvalue weighted by Gasteiger charge is -2.23. The number of anilines is 1. The van der Waals surface area contributed by atoms with E-state index in [4.69, 9.17) is 0 Å². The van der Waals surface area contributed by atoms with Crippen molar-refractivity contribution >= 4 is 11.6 Å². The van der Waals surface area contributed by atoms with Crippen LogP contribution < -0.4 is 10.2 Å². The maximum Gasteiger partial charge on any atom is 0.240 e. The number of carbonyl (C=O) groups excluding carboxylic acids is 1. The molecule has 0 saturated heterocycles. The first-order valence-corrected chi connectivity index (χ1v) is 7.23. The zero-order valence-electron chi connectivity index (χ0n) is 12.0. The Morgan fingerprint density at radius 2 is 1.84 bits per heavy atom. The van der Waals surface area contributed by atoms with Crippen molar-refractivity contribution in [2.45, 2.75) is 38.0 Å². The SMILES string of the molecule is CNCC(=O)N(C)c1ccc(C2CCCCC2)cc1. The van der Waals surface area contributed by atoms with Crippen LogP contribution >= 0.6 is 0 Å². The number of amides is 1. The van der Waals surface area contributed by atoms with E-state index in [0.717, 1.165) is 11.6 Å². The summed E-state index contributed by atoms with van der Waals surface area (Å²) in [6.45, 7) is 0.376. The van der Waals surface area contributed by atoms with Crippen molar-refractivity contribution in [2.75, 3.05) is 25.5 Å². The van der Waals surface area contributed by atoms with Crippen LogP contribution in [0.4, 0.5) is 5.69 Å². The van der Waals surface area contributed by atoms with Crippen molar-refractivity contribution in [3.8, 4) is 0 Å². The Morgan fingerprint density at radius 1 is 1.21 bits per heavy atom. The normalized spacial score (nSPS) is 16.3. The van der Waals surface area contributed by atoms with Gasteiger partial charge in [0, 0.05) is 12.7 Å². The average Bonchev–Trinajstić information content (AvgIpc) is 2.48. The van der Waals surface area contributed by atoms with Crippen LogP contribution in [0.15, 0.2) is 24.3 Å². The molecule has 2 rings (SSSR count). The summed E-state index contributed by atoms with van der Waals surface area (Å²) in [6.07, 6.45) is 6.72. The predicted molar refractivity (Wildman–Crippen MR) is 79.6 cm³/mol. The largest absolute Gasteiger partial charge is 0.314 e.